The first-order valence-corrected chi connectivity index (χ1v) is 4.64. The first-order valence-electron chi connectivity index (χ1n) is 4.64. The van der Waals surface area contributed by atoms with Crippen LogP contribution in [0.4, 0.5) is 0 Å². The lowest BCUT2D eigenvalue weighted by Crippen LogP contribution is -2.19. The van der Waals surface area contributed by atoms with Gasteiger partial charge in [0.1, 0.15) is 0 Å². The summed E-state index contributed by atoms with van der Waals surface area (Å²) in [5.74, 6) is -0.131. The Bertz CT molecular complexity index is 346. The van der Waals surface area contributed by atoms with Crippen molar-refractivity contribution in [2.45, 2.75) is 6.92 Å². The molecule has 0 spiro atoms. The van der Waals surface area contributed by atoms with Crippen molar-refractivity contribution >= 4 is 5.91 Å². The molecule has 0 bridgehead atoms. The van der Waals surface area contributed by atoms with Gasteiger partial charge >= 0.3 is 0 Å². The van der Waals surface area contributed by atoms with Crippen LogP contribution >= 0.6 is 0 Å². The minimum absolute atomic E-state index is 0.131. The molecule has 0 aliphatic carbocycles. The lowest BCUT2D eigenvalue weighted by molar-refractivity contribution is -0.116. The van der Waals surface area contributed by atoms with E-state index in [1.807, 2.05) is 0 Å². The standard InChI is InChI=1S/C13H17NO/c1-6-10(4)11(7-2)9-12(8-3)13(15)14-5/h6-9H,1-2,4H2,3,5H3,(H,14,15)/b11-9-,12-8+. The number of amides is 1. The van der Waals surface area contributed by atoms with Crippen molar-refractivity contribution in [3.63, 3.8) is 0 Å². The first kappa shape index (κ1) is 13.2. The Hall–Kier alpha value is -1.83. The van der Waals surface area contributed by atoms with Gasteiger partial charge < -0.3 is 5.32 Å². The largest absolute Gasteiger partial charge is 0.355 e. The molecule has 0 aromatic heterocycles. The number of carbonyl (C=O) groups is 1. The summed E-state index contributed by atoms with van der Waals surface area (Å²) in [7, 11) is 1.59. The van der Waals surface area contributed by atoms with Crippen LogP contribution in [0.5, 0.6) is 0 Å². The molecule has 0 saturated heterocycles. The number of rotatable bonds is 5. The van der Waals surface area contributed by atoms with E-state index in [0.717, 1.165) is 11.1 Å². The van der Waals surface area contributed by atoms with E-state index in [1.165, 1.54) is 0 Å². The fraction of sp³-hybridized carbons (Fsp3) is 0.154. The molecule has 15 heavy (non-hydrogen) atoms. The molecule has 0 aromatic rings. The van der Waals surface area contributed by atoms with Crippen LogP contribution in [0.15, 0.2) is 60.8 Å². The zero-order valence-electron chi connectivity index (χ0n) is 9.34. The predicted octanol–water partition coefficient (Wildman–Crippen LogP) is 2.53. The molecule has 80 valence electrons. The summed E-state index contributed by atoms with van der Waals surface area (Å²) < 4.78 is 0. The quantitative estimate of drug-likeness (QED) is 0.540. The molecule has 2 heteroatoms. The summed E-state index contributed by atoms with van der Waals surface area (Å²) >= 11 is 0. The van der Waals surface area contributed by atoms with E-state index in [-0.39, 0.29) is 5.91 Å². The molecule has 0 rings (SSSR count). The zero-order valence-corrected chi connectivity index (χ0v) is 9.34. The summed E-state index contributed by atoms with van der Waals surface area (Å²) in [5, 5.41) is 2.56. The van der Waals surface area contributed by atoms with Crippen LogP contribution in [-0.4, -0.2) is 13.0 Å². The molecule has 0 aliphatic heterocycles. The molecule has 0 fully saturated rings. The van der Waals surface area contributed by atoms with Crippen LogP contribution in [0.3, 0.4) is 0 Å². The normalized spacial score (nSPS) is 11.9. The molecule has 0 aliphatic rings. The Kier molecular flexibility index (Phi) is 5.79. The molecule has 0 saturated carbocycles. The van der Waals surface area contributed by atoms with Gasteiger partial charge in [0.05, 0.1) is 0 Å². The fourth-order valence-corrected chi connectivity index (χ4v) is 0.992. The van der Waals surface area contributed by atoms with Gasteiger partial charge in [-0.15, -0.1) is 0 Å². The van der Waals surface area contributed by atoms with Crippen molar-refractivity contribution < 1.29 is 4.79 Å². The van der Waals surface area contributed by atoms with E-state index in [4.69, 9.17) is 0 Å². The SMILES string of the molecule is C=CC(=C)/C(C=C)=C\C(=C/C)C(=O)NC. The minimum atomic E-state index is -0.131. The van der Waals surface area contributed by atoms with E-state index < -0.39 is 0 Å². The molecule has 0 atom stereocenters. The highest BCUT2D eigenvalue weighted by Gasteiger charge is 2.04. The second-order valence-electron chi connectivity index (χ2n) is 2.86. The number of carbonyl (C=O) groups excluding carboxylic acids is 1. The van der Waals surface area contributed by atoms with Gasteiger partial charge in [0, 0.05) is 12.6 Å². The topological polar surface area (TPSA) is 29.1 Å². The van der Waals surface area contributed by atoms with Gasteiger partial charge in [-0.1, -0.05) is 38.0 Å². The number of likely N-dealkylation sites (N-methyl/N-ethyl adjacent to an activating group) is 1. The molecule has 0 radical (unpaired) electrons. The smallest absolute Gasteiger partial charge is 0.250 e. The van der Waals surface area contributed by atoms with Crippen molar-refractivity contribution in [3.8, 4) is 0 Å². The summed E-state index contributed by atoms with van der Waals surface area (Å²) in [4.78, 5) is 11.4. The predicted molar refractivity (Wildman–Crippen MR) is 65.4 cm³/mol. The Labute approximate surface area is 91.4 Å². The molecule has 0 unspecified atom stereocenters. The summed E-state index contributed by atoms with van der Waals surface area (Å²) in [6.45, 7) is 12.9. The Balaban J connectivity index is 5.13. The summed E-state index contributed by atoms with van der Waals surface area (Å²) in [5.41, 5.74) is 2.12. The monoisotopic (exact) mass is 203 g/mol. The third-order valence-electron chi connectivity index (χ3n) is 1.95. The van der Waals surface area contributed by atoms with Crippen molar-refractivity contribution in [2.24, 2.45) is 0 Å². The second-order valence-corrected chi connectivity index (χ2v) is 2.86. The number of nitrogens with one attached hydrogen (secondary N) is 1. The van der Waals surface area contributed by atoms with E-state index in [9.17, 15) is 4.79 Å². The van der Waals surface area contributed by atoms with E-state index in [0.29, 0.717) is 5.57 Å². The maximum Gasteiger partial charge on any atom is 0.250 e. The van der Waals surface area contributed by atoms with Crippen molar-refractivity contribution in [1.82, 2.24) is 5.32 Å². The van der Waals surface area contributed by atoms with Gasteiger partial charge in [-0.05, 0) is 24.1 Å². The van der Waals surface area contributed by atoms with Gasteiger partial charge in [0.15, 0.2) is 0 Å². The molecule has 2 nitrogen and oxygen atoms in total. The van der Waals surface area contributed by atoms with E-state index >= 15 is 0 Å². The number of allylic oxidation sites excluding steroid dienone is 5. The van der Waals surface area contributed by atoms with Crippen LogP contribution in [0.1, 0.15) is 6.92 Å². The Morgan fingerprint density at radius 3 is 2.13 bits per heavy atom. The third-order valence-corrected chi connectivity index (χ3v) is 1.95. The minimum Gasteiger partial charge on any atom is -0.355 e. The van der Waals surface area contributed by atoms with Gasteiger partial charge in [0.2, 0.25) is 0 Å². The van der Waals surface area contributed by atoms with Gasteiger partial charge in [-0.25, -0.2) is 0 Å². The average molecular weight is 203 g/mol. The van der Waals surface area contributed by atoms with Gasteiger partial charge in [-0.3, -0.25) is 4.79 Å². The van der Waals surface area contributed by atoms with E-state index in [1.54, 1.807) is 38.3 Å². The van der Waals surface area contributed by atoms with Crippen LogP contribution in [0.2, 0.25) is 0 Å². The summed E-state index contributed by atoms with van der Waals surface area (Å²) in [6.07, 6.45) is 6.75. The van der Waals surface area contributed by atoms with Gasteiger partial charge in [-0.2, -0.15) is 0 Å². The Morgan fingerprint density at radius 2 is 1.80 bits per heavy atom. The highest BCUT2D eigenvalue weighted by molar-refractivity contribution is 5.96. The first-order chi connectivity index (χ1) is 7.10. The lowest BCUT2D eigenvalue weighted by Gasteiger charge is -2.04. The molecule has 0 heterocycles. The lowest BCUT2D eigenvalue weighted by atomic mass is 10.0. The van der Waals surface area contributed by atoms with Crippen molar-refractivity contribution in [2.75, 3.05) is 7.05 Å². The molecule has 0 aromatic carbocycles. The maximum absolute atomic E-state index is 11.4. The highest BCUT2D eigenvalue weighted by atomic mass is 16.1. The van der Waals surface area contributed by atoms with Crippen molar-refractivity contribution in [3.05, 3.63) is 60.8 Å². The third kappa shape index (κ3) is 3.81. The molecular weight excluding hydrogens is 186 g/mol. The van der Waals surface area contributed by atoms with Crippen LogP contribution in [0.25, 0.3) is 0 Å². The van der Waals surface area contributed by atoms with Crippen LogP contribution < -0.4 is 5.32 Å². The van der Waals surface area contributed by atoms with Crippen LogP contribution in [-0.2, 0) is 4.79 Å². The van der Waals surface area contributed by atoms with E-state index in [2.05, 4.69) is 25.1 Å². The molecular formula is C13H17NO. The fourth-order valence-electron chi connectivity index (χ4n) is 0.992. The van der Waals surface area contributed by atoms with Crippen molar-refractivity contribution in [1.29, 1.82) is 0 Å². The Morgan fingerprint density at radius 1 is 1.20 bits per heavy atom. The molecule has 1 amide bonds. The maximum atomic E-state index is 11.4. The zero-order chi connectivity index (χ0) is 11.8. The van der Waals surface area contributed by atoms with Gasteiger partial charge in [0.25, 0.3) is 5.91 Å². The second kappa shape index (κ2) is 6.60. The summed E-state index contributed by atoms with van der Waals surface area (Å²) in [6, 6.07) is 0. The number of hydrogen-bond acceptors (Lipinski definition) is 1. The number of hydrogen-bond donors (Lipinski definition) is 1. The average Bonchev–Trinajstić information content (AvgIpc) is 2.28. The highest BCUT2D eigenvalue weighted by Crippen LogP contribution is 2.13. The molecule has 1 N–H and O–H groups in total. The van der Waals surface area contributed by atoms with Crippen LogP contribution in [0, 0.1) is 0 Å².